The van der Waals surface area contributed by atoms with E-state index in [1.807, 2.05) is 7.05 Å². The zero-order valence-corrected chi connectivity index (χ0v) is 12.9. The predicted molar refractivity (Wildman–Crippen MR) is 81.3 cm³/mol. The van der Waals surface area contributed by atoms with Crippen LogP contribution in [0.15, 0.2) is 12.1 Å². The highest BCUT2D eigenvalue weighted by Gasteiger charge is 2.25. The van der Waals surface area contributed by atoms with Crippen molar-refractivity contribution < 1.29 is 14.2 Å². The van der Waals surface area contributed by atoms with Crippen LogP contribution in [0.25, 0.3) is 0 Å². The minimum atomic E-state index is 0.582. The van der Waals surface area contributed by atoms with Gasteiger partial charge in [-0.1, -0.05) is 0 Å². The van der Waals surface area contributed by atoms with Crippen molar-refractivity contribution in [1.29, 1.82) is 0 Å². The first kappa shape index (κ1) is 14.5. The molecule has 0 saturated carbocycles. The number of likely N-dealkylation sites (tertiary alicyclic amines) is 1. The summed E-state index contributed by atoms with van der Waals surface area (Å²) < 4.78 is 16.8. The molecule has 1 fully saturated rings. The van der Waals surface area contributed by atoms with Gasteiger partial charge in [0.15, 0.2) is 11.5 Å². The lowest BCUT2D eigenvalue weighted by Gasteiger charge is -2.26. The van der Waals surface area contributed by atoms with Crippen LogP contribution in [0.5, 0.6) is 17.2 Å². The van der Waals surface area contributed by atoms with Gasteiger partial charge in [0.25, 0.3) is 0 Å². The second kappa shape index (κ2) is 6.54. The fraction of sp³-hybridized carbons (Fsp3) is 0.625. The van der Waals surface area contributed by atoms with E-state index >= 15 is 0 Å². The van der Waals surface area contributed by atoms with Crippen LogP contribution in [0.3, 0.4) is 0 Å². The standard InChI is InChI=1S/C16H24N2O3/c1-17-10-13-4-3-5-18(13)11-12-8-14(19-2)16-15(9-12)20-6-7-21-16/h8-9,13,17H,3-7,10-11H2,1-2H3/t13-/m1/s1. The highest BCUT2D eigenvalue weighted by molar-refractivity contribution is 5.54. The molecule has 1 aromatic rings. The summed E-state index contributed by atoms with van der Waals surface area (Å²) in [6, 6.07) is 4.78. The van der Waals surface area contributed by atoms with E-state index in [-0.39, 0.29) is 0 Å². The van der Waals surface area contributed by atoms with Gasteiger partial charge in [0.05, 0.1) is 7.11 Å². The van der Waals surface area contributed by atoms with Gasteiger partial charge >= 0.3 is 0 Å². The van der Waals surface area contributed by atoms with Gasteiger partial charge in [-0.2, -0.15) is 0 Å². The Morgan fingerprint density at radius 1 is 1.33 bits per heavy atom. The number of nitrogens with one attached hydrogen (secondary N) is 1. The lowest BCUT2D eigenvalue weighted by atomic mass is 10.1. The molecule has 116 valence electrons. The molecule has 1 atom stereocenters. The van der Waals surface area contributed by atoms with Gasteiger partial charge in [0, 0.05) is 19.1 Å². The number of fused-ring (bicyclic) bond motifs is 1. The average Bonchev–Trinajstić information content (AvgIpc) is 2.94. The average molecular weight is 292 g/mol. The maximum atomic E-state index is 5.71. The molecule has 3 rings (SSSR count). The summed E-state index contributed by atoms with van der Waals surface area (Å²) in [6.07, 6.45) is 2.54. The summed E-state index contributed by atoms with van der Waals surface area (Å²) in [5, 5.41) is 3.29. The second-order valence-corrected chi connectivity index (χ2v) is 5.65. The van der Waals surface area contributed by atoms with Crippen LogP contribution in [0.4, 0.5) is 0 Å². The Kier molecular flexibility index (Phi) is 4.51. The minimum Gasteiger partial charge on any atom is -0.493 e. The lowest BCUT2D eigenvalue weighted by Crippen LogP contribution is -2.36. The van der Waals surface area contributed by atoms with Gasteiger partial charge in [-0.15, -0.1) is 0 Å². The molecule has 0 spiro atoms. The highest BCUT2D eigenvalue weighted by Crippen LogP contribution is 2.40. The molecule has 5 nitrogen and oxygen atoms in total. The third-order valence-corrected chi connectivity index (χ3v) is 4.21. The van der Waals surface area contributed by atoms with E-state index < -0.39 is 0 Å². The first-order chi connectivity index (χ1) is 10.3. The normalized spacial score (nSPS) is 21.5. The molecule has 1 saturated heterocycles. The zero-order chi connectivity index (χ0) is 14.7. The predicted octanol–water partition coefficient (Wildman–Crippen LogP) is 1.65. The first-order valence-electron chi connectivity index (χ1n) is 7.67. The maximum absolute atomic E-state index is 5.71. The number of methoxy groups -OCH3 is 1. The molecule has 2 heterocycles. The van der Waals surface area contributed by atoms with Crippen LogP contribution in [0.1, 0.15) is 18.4 Å². The van der Waals surface area contributed by atoms with Gasteiger partial charge in [-0.25, -0.2) is 0 Å². The Labute approximate surface area is 126 Å². The maximum Gasteiger partial charge on any atom is 0.203 e. The molecule has 0 amide bonds. The second-order valence-electron chi connectivity index (χ2n) is 5.65. The number of likely N-dealkylation sites (N-methyl/N-ethyl adjacent to an activating group) is 1. The summed E-state index contributed by atoms with van der Waals surface area (Å²) in [5.74, 6) is 2.31. The fourth-order valence-electron chi connectivity index (χ4n) is 3.22. The number of ether oxygens (including phenoxy) is 3. The number of nitrogens with zero attached hydrogens (tertiary/aromatic N) is 1. The third kappa shape index (κ3) is 3.09. The largest absolute Gasteiger partial charge is 0.493 e. The highest BCUT2D eigenvalue weighted by atomic mass is 16.6. The van der Waals surface area contributed by atoms with Crippen molar-refractivity contribution in [3.8, 4) is 17.2 Å². The van der Waals surface area contributed by atoms with Crippen LogP contribution < -0.4 is 19.5 Å². The Hall–Kier alpha value is -1.46. The third-order valence-electron chi connectivity index (χ3n) is 4.21. The van der Waals surface area contributed by atoms with E-state index in [9.17, 15) is 0 Å². The SMILES string of the molecule is CNC[C@H]1CCCN1Cc1cc(OC)c2c(c1)OCCO2. The molecular weight excluding hydrogens is 268 g/mol. The lowest BCUT2D eigenvalue weighted by molar-refractivity contribution is 0.164. The minimum absolute atomic E-state index is 0.582. The summed E-state index contributed by atoms with van der Waals surface area (Å²) in [6.45, 7) is 4.31. The molecule has 0 bridgehead atoms. The number of hydrogen-bond donors (Lipinski definition) is 1. The van der Waals surface area contributed by atoms with E-state index in [2.05, 4.69) is 22.3 Å². The smallest absolute Gasteiger partial charge is 0.203 e. The van der Waals surface area contributed by atoms with Crippen LogP contribution in [0, 0.1) is 0 Å². The zero-order valence-electron chi connectivity index (χ0n) is 12.9. The fourth-order valence-corrected chi connectivity index (χ4v) is 3.22. The molecule has 1 aromatic carbocycles. The van der Waals surface area contributed by atoms with Gasteiger partial charge in [0.2, 0.25) is 5.75 Å². The Morgan fingerprint density at radius 3 is 3.00 bits per heavy atom. The van der Waals surface area contributed by atoms with Crippen molar-refractivity contribution in [2.45, 2.75) is 25.4 Å². The monoisotopic (exact) mass is 292 g/mol. The molecule has 0 aromatic heterocycles. The van der Waals surface area contributed by atoms with Crippen molar-refractivity contribution in [3.05, 3.63) is 17.7 Å². The molecule has 21 heavy (non-hydrogen) atoms. The van der Waals surface area contributed by atoms with Gasteiger partial charge in [-0.3, -0.25) is 4.90 Å². The van der Waals surface area contributed by atoms with Crippen LogP contribution >= 0.6 is 0 Å². The Bertz CT molecular complexity index is 475. The summed E-state index contributed by atoms with van der Waals surface area (Å²) >= 11 is 0. The molecular formula is C16H24N2O3. The van der Waals surface area contributed by atoms with Gasteiger partial charge in [0.1, 0.15) is 13.2 Å². The summed E-state index contributed by atoms with van der Waals surface area (Å²) in [7, 11) is 3.70. The van der Waals surface area contributed by atoms with E-state index in [1.54, 1.807) is 7.11 Å². The number of rotatable bonds is 5. The quantitative estimate of drug-likeness (QED) is 0.894. The molecule has 2 aliphatic heterocycles. The van der Waals surface area contributed by atoms with Crippen molar-refractivity contribution in [2.75, 3.05) is 40.5 Å². The number of benzene rings is 1. The van der Waals surface area contributed by atoms with Crippen LogP contribution in [0.2, 0.25) is 0 Å². The van der Waals surface area contributed by atoms with E-state index in [0.29, 0.717) is 19.3 Å². The van der Waals surface area contributed by atoms with E-state index in [4.69, 9.17) is 14.2 Å². The molecule has 5 heteroatoms. The Balaban J connectivity index is 1.79. The molecule has 0 radical (unpaired) electrons. The van der Waals surface area contributed by atoms with Crippen molar-refractivity contribution in [3.63, 3.8) is 0 Å². The first-order valence-corrected chi connectivity index (χ1v) is 7.67. The van der Waals surface area contributed by atoms with E-state index in [1.165, 1.54) is 18.4 Å². The van der Waals surface area contributed by atoms with Crippen molar-refractivity contribution >= 4 is 0 Å². The van der Waals surface area contributed by atoms with Gasteiger partial charge in [-0.05, 0) is 44.1 Å². The van der Waals surface area contributed by atoms with Crippen molar-refractivity contribution in [2.24, 2.45) is 0 Å². The Morgan fingerprint density at radius 2 is 2.19 bits per heavy atom. The van der Waals surface area contributed by atoms with E-state index in [0.717, 1.165) is 36.9 Å². The van der Waals surface area contributed by atoms with Crippen molar-refractivity contribution in [1.82, 2.24) is 10.2 Å². The van der Waals surface area contributed by atoms with Gasteiger partial charge < -0.3 is 19.5 Å². The molecule has 1 N–H and O–H groups in total. The van der Waals surface area contributed by atoms with Crippen LogP contribution in [-0.4, -0.2) is 51.4 Å². The molecule has 2 aliphatic rings. The van der Waals surface area contributed by atoms with Crippen LogP contribution in [-0.2, 0) is 6.54 Å². The summed E-state index contributed by atoms with van der Waals surface area (Å²) in [4.78, 5) is 2.53. The number of hydrogen-bond acceptors (Lipinski definition) is 5. The topological polar surface area (TPSA) is 43.0 Å². The molecule has 0 aliphatic carbocycles. The molecule has 0 unspecified atom stereocenters. The summed E-state index contributed by atoms with van der Waals surface area (Å²) in [5.41, 5.74) is 1.22.